The third kappa shape index (κ3) is 4.93. The molecule has 4 N–H and O–H groups in total. The number of amides is 1. The van der Waals surface area contributed by atoms with E-state index in [2.05, 4.69) is 10.3 Å². The molecule has 6 nitrogen and oxygen atoms in total. The molecule has 138 valence electrons. The van der Waals surface area contributed by atoms with Gasteiger partial charge in [0.2, 0.25) is 5.91 Å². The molecule has 0 aliphatic rings. The van der Waals surface area contributed by atoms with Crippen molar-refractivity contribution in [2.45, 2.75) is 0 Å². The van der Waals surface area contributed by atoms with Gasteiger partial charge in [-0.05, 0) is 42.0 Å². The minimum atomic E-state index is -0.182. The Balaban J connectivity index is 1.44. The van der Waals surface area contributed by atoms with Crippen molar-refractivity contribution in [1.29, 1.82) is 0 Å². The van der Waals surface area contributed by atoms with Gasteiger partial charge in [0, 0.05) is 28.7 Å². The first-order valence-electron chi connectivity index (χ1n) is 8.36. The second-order valence-corrected chi connectivity index (χ2v) is 6.14. The summed E-state index contributed by atoms with van der Waals surface area (Å²) in [6.45, 7) is 0.726. The topological polar surface area (TPSA) is 86.4 Å². The van der Waals surface area contributed by atoms with E-state index in [1.54, 1.807) is 30.3 Å². The van der Waals surface area contributed by atoms with Crippen molar-refractivity contribution in [3.63, 3.8) is 0 Å². The van der Waals surface area contributed by atoms with Gasteiger partial charge in [0.05, 0.1) is 6.54 Å². The van der Waals surface area contributed by atoms with Gasteiger partial charge in [0.1, 0.15) is 17.3 Å². The number of para-hydroxylation sites is 1. The highest BCUT2D eigenvalue weighted by molar-refractivity contribution is 7.80. The fraction of sp³-hybridized carbons (Fsp3) is 0.100. The van der Waals surface area contributed by atoms with Gasteiger partial charge in [-0.15, -0.1) is 0 Å². The zero-order valence-corrected chi connectivity index (χ0v) is 15.3. The molecular weight excluding hydrogens is 362 g/mol. The average molecular weight is 381 g/mol. The Morgan fingerprint density at radius 2 is 1.96 bits per heavy atom. The average Bonchev–Trinajstić information content (AvgIpc) is 3.12. The smallest absolute Gasteiger partial charge is 0.244 e. The summed E-state index contributed by atoms with van der Waals surface area (Å²) in [6, 6.07) is 14.9. The molecule has 1 heterocycles. The van der Waals surface area contributed by atoms with E-state index in [0.29, 0.717) is 24.5 Å². The minimum Gasteiger partial charge on any atom is -0.492 e. The maximum absolute atomic E-state index is 11.9. The lowest BCUT2D eigenvalue weighted by Crippen LogP contribution is -2.26. The maximum Gasteiger partial charge on any atom is 0.244 e. The van der Waals surface area contributed by atoms with Gasteiger partial charge in [-0.2, -0.15) is 0 Å². The van der Waals surface area contributed by atoms with Crippen molar-refractivity contribution in [1.82, 2.24) is 15.8 Å². The Labute approximate surface area is 161 Å². The van der Waals surface area contributed by atoms with Crippen LogP contribution in [-0.2, 0) is 4.79 Å². The molecule has 3 rings (SSSR count). The van der Waals surface area contributed by atoms with Crippen molar-refractivity contribution < 1.29 is 14.7 Å². The molecule has 0 aliphatic heterocycles. The van der Waals surface area contributed by atoms with E-state index in [1.807, 2.05) is 35.9 Å². The van der Waals surface area contributed by atoms with Gasteiger partial charge in [-0.25, -0.2) is 0 Å². The summed E-state index contributed by atoms with van der Waals surface area (Å²) in [5, 5.41) is 12.6. The molecule has 0 saturated heterocycles. The molecule has 7 heteroatoms. The second-order valence-electron chi connectivity index (χ2n) is 5.73. The number of aromatic nitrogens is 1. The minimum absolute atomic E-state index is 0.182. The standard InChI is InChI=1S/C20H19N3O3S/c24-19(10-7-15-13-22-18-4-2-1-3-17(15)18)21-11-12-26-16-8-5-14(6-9-16)20(27)23-25/h1-10,13,22,25H,11-12H2,(H,21,24)(H,23,27). The Morgan fingerprint density at radius 1 is 1.19 bits per heavy atom. The second kappa shape index (κ2) is 8.98. The van der Waals surface area contributed by atoms with Crippen LogP contribution in [0.2, 0.25) is 0 Å². The monoisotopic (exact) mass is 381 g/mol. The largest absolute Gasteiger partial charge is 0.492 e. The van der Waals surface area contributed by atoms with Gasteiger partial charge in [0.25, 0.3) is 0 Å². The molecule has 0 bridgehead atoms. The van der Waals surface area contributed by atoms with E-state index in [0.717, 1.165) is 16.5 Å². The van der Waals surface area contributed by atoms with Crippen molar-refractivity contribution in [2.75, 3.05) is 13.2 Å². The van der Waals surface area contributed by atoms with Crippen LogP contribution in [0.15, 0.2) is 60.8 Å². The van der Waals surface area contributed by atoms with Crippen molar-refractivity contribution in [3.05, 3.63) is 71.9 Å². The molecule has 0 spiro atoms. The molecule has 0 unspecified atom stereocenters. The van der Waals surface area contributed by atoms with Crippen LogP contribution in [-0.4, -0.2) is 34.2 Å². The highest BCUT2D eigenvalue weighted by atomic mass is 32.1. The summed E-state index contributed by atoms with van der Waals surface area (Å²) in [5.41, 5.74) is 4.62. The summed E-state index contributed by atoms with van der Waals surface area (Å²) in [5.74, 6) is 0.474. The van der Waals surface area contributed by atoms with E-state index in [4.69, 9.17) is 22.2 Å². The molecule has 3 aromatic rings. The Morgan fingerprint density at radius 3 is 2.74 bits per heavy atom. The van der Waals surface area contributed by atoms with Crippen LogP contribution in [0.25, 0.3) is 17.0 Å². The molecule has 27 heavy (non-hydrogen) atoms. The maximum atomic E-state index is 11.9. The van der Waals surface area contributed by atoms with Crippen molar-refractivity contribution in [2.24, 2.45) is 0 Å². The van der Waals surface area contributed by atoms with E-state index >= 15 is 0 Å². The zero-order chi connectivity index (χ0) is 19.1. The molecule has 1 amide bonds. The number of hydrogen-bond acceptors (Lipinski definition) is 4. The van der Waals surface area contributed by atoms with Gasteiger partial charge in [0.15, 0.2) is 0 Å². The SMILES string of the molecule is O=C(C=Cc1c[nH]c2ccccc12)NCCOc1ccc(C(=S)NO)cc1. The number of hydrogen-bond donors (Lipinski definition) is 4. The first-order chi connectivity index (χ1) is 13.2. The molecule has 0 fully saturated rings. The predicted octanol–water partition coefficient (Wildman–Crippen LogP) is 3.03. The molecular formula is C20H19N3O3S. The molecule has 0 radical (unpaired) electrons. The highest BCUT2D eigenvalue weighted by Gasteiger charge is 2.02. The normalized spacial score (nSPS) is 10.9. The lowest BCUT2D eigenvalue weighted by atomic mass is 10.1. The van der Waals surface area contributed by atoms with E-state index in [9.17, 15) is 4.79 Å². The van der Waals surface area contributed by atoms with Crippen molar-refractivity contribution in [3.8, 4) is 5.75 Å². The lowest BCUT2D eigenvalue weighted by molar-refractivity contribution is -0.116. The Bertz CT molecular complexity index is 964. The third-order valence-corrected chi connectivity index (χ3v) is 4.25. The Hall–Kier alpha value is -3.16. The quantitative estimate of drug-likeness (QED) is 0.219. The molecule has 2 aromatic carbocycles. The number of thiocarbonyl (C=S) groups is 1. The third-order valence-electron chi connectivity index (χ3n) is 3.92. The zero-order valence-electron chi connectivity index (χ0n) is 14.4. The van der Waals surface area contributed by atoms with E-state index in [-0.39, 0.29) is 10.9 Å². The van der Waals surface area contributed by atoms with Crippen LogP contribution in [0.3, 0.4) is 0 Å². The molecule has 0 atom stereocenters. The lowest BCUT2D eigenvalue weighted by Gasteiger charge is -2.08. The van der Waals surface area contributed by atoms with Gasteiger partial charge in [-0.3, -0.25) is 15.5 Å². The number of nitrogens with one attached hydrogen (secondary N) is 3. The number of hydroxylamine groups is 1. The number of benzene rings is 2. The fourth-order valence-corrected chi connectivity index (χ4v) is 2.70. The number of carbonyl (C=O) groups excluding carboxylic acids is 1. The number of H-pyrrole nitrogens is 1. The van der Waals surface area contributed by atoms with E-state index in [1.165, 1.54) is 6.08 Å². The van der Waals surface area contributed by atoms with Crippen LogP contribution in [0.5, 0.6) is 5.75 Å². The van der Waals surface area contributed by atoms with Crippen molar-refractivity contribution >= 4 is 40.1 Å². The predicted molar refractivity (Wildman–Crippen MR) is 109 cm³/mol. The number of rotatable bonds is 7. The van der Waals surface area contributed by atoms with Gasteiger partial charge < -0.3 is 15.0 Å². The number of fused-ring (bicyclic) bond motifs is 1. The van der Waals surface area contributed by atoms with Crippen LogP contribution < -0.4 is 15.5 Å². The summed E-state index contributed by atoms with van der Waals surface area (Å²) in [4.78, 5) is 15.3. The number of aromatic amines is 1. The number of ether oxygens (including phenoxy) is 1. The first kappa shape index (κ1) is 18.6. The van der Waals surface area contributed by atoms with Crippen LogP contribution in [0.4, 0.5) is 0 Å². The fourth-order valence-electron chi connectivity index (χ4n) is 2.57. The van der Waals surface area contributed by atoms with Gasteiger partial charge in [-0.1, -0.05) is 30.4 Å². The Kier molecular flexibility index (Phi) is 6.19. The molecule has 0 aliphatic carbocycles. The van der Waals surface area contributed by atoms with Gasteiger partial charge >= 0.3 is 0 Å². The summed E-state index contributed by atoms with van der Waals surface area (Å²) >= 11 is 4.92. The first-order valence-corrected chi connectivity index (χ1v) is 8.77. The summed E-state index contributed by atoms with van der Waals surface area (Å²) in [6.07, 6.45) is 5.16. The van der Waals surface area contributed by atoms with E-state index < -0.39 is 0 Å². The molecule has 1 aromatic heterocycles. The summed E-state index contributed by atoms with van der Waals surface area (Å²) in [7, 11) is 0. The van der Waals surface area contributed by atoms with Crippen LogP contribution in [0, 0.1) is 0 Å². The van der Waals surface area contributed by atoms with Crippen LogP contribution in [0.1, 0.15) is 11.1 Å². The summed E-state index contributed by atoms with van der Waals surface area (Å²) < 4.78 is 5.56. The highest BCUT2D eigenvalue weighted by Crippen LogP contribution is 2.18. The molecule has 0 saturated carbocycles. The number of carbonyl (C=O) groups is 1. The van der Waals surface area contributed by atoms with Crippen LogP contribution >= 0.6 is 12.2 Å².